The molecule has 4 rings (SSSR count). The fourth-order valence-corrected chi connectivity index (χ4v) is 3.88. The van der Waals surface area contributed by atoms with Crippen molar-refractivity contribution in [1.82, 2.24) is 19.7 Å². The normalized spacial score (nSPS) is 11.0. The Bertz CT molecular complexity index is 1150. The molecule has 0 spiro atoms. The summed E-state index contributed by atoms with van der Waals surface area (Å²) < 4.78 is 14.8. The molecule has 146 valence electrons. The number of halogens is 1. The Labute approximate surface area is 174 Å². The predicted octanol–water partition coefficient (Wildman–Crippen LogP) is 4.41. The van der Waals surface area contributed by atoms with Gasteiger partial charge >= 0.3 is 0 Å². The van der Waals surface area contributed by atoms with Crippen LogP contribution in [0.2, 0.25) is 0 Å². The monoisotopic (exact) mass is 425 g/mol. The van der Waals surface area contributed by atoms with Gasteiger partial charge in [-0.25, -0.2) is 19.0 Å². The van der Waals surface area contributed by atoms with Crippen LogP contribution in [0.4, 0.5) is 10.1 Å². The van der Waals surface area contributed by atoms with Gasteiger partial charge in [-0.2, -0.15) is 5.10 Å². The lowest BCUT2D eigenvalue weighted by molar-refractivity contribution is -0.113. The molecule has 29 heavy (non-hydrogen) atoms. The molecule has 2 aromatic heterocycles. The van der Waals surface area contributed by atoms with Gasteiger partial charge in [-0.1, -0.05) is 11.8 Å². The van der Waals surface area contributed by atoms with Crippen molar-refractivity contribution in [3.05, 3.63) is 66.9 Å². The molecule has 0 bridgehead atoms. The van der Waals surface area contributed by atoms with Gasteiger partial charge in [0.05, 0.1) is 23.0 Å². The first-order valence-electron chi connectivity index (χ1n) is 8.65. The molecule has 1 amide bonds. The molecule has 0 fully saturated rings. The standard InChI is InChI=1S/C20H16FN5OS2/c1-28-16-8-4-14(5-9-16)25-18(27)11-29-20-17-10-24-26(19(17)22-12-23-20)15-6-2-13(21)3-7-15/h2-10,12H,11H2,1H3,(H,25,27). The molecule has 0 saturated carbocycles. The Hall–Kier alpha value is -2.91. The lowest BCUT2D eigenvalue weighted by atomic mass is 10.3. The molecule has 4 aromatic rings. The molecule has 0 atom stereocenters. The second kappa shape index (κ2) is 8.62. The third kappa shape index (κ3) is 4.41. The van der Waals surface area contributed by atoms with Crippen LogP contribution in [0.5, 0.6) is 0 Å². The van der Waals surface area contributed by atoms with E-state index in [-0.39, 0.29) is 17.5 Å². The highest BCUT2D eigenvalue weighted by Gasteiger charge is 2.13. The maximum Gasteiger partial charge on any atom is 0.234 e. The summed E-state index contributed by atoms with van der Waals surface area (Å²) in [6, 6.07) is 13.7. The summed E-state index contributed by atoms with van der Waals surface area (Å²) in [6.45, 7) is 0. The molecular weight excluding hydrogens is 409 g/mol. The van der Waals surface area contributed by atoms with Crippen LogP contribution in [0, 0.1) is 5.82 Å². The number of thioether (sulfide) groups is 2. The van der Waals surface area contributed by atoms with E-state index in [2.05, 4.69) is 20.4 Å². The first-order valence-corrected chi connectivity index (χ1v) is 10.9. The van der Waals surface area contributed by atoms with E-state index in [0.29, 0.717) is 16.4 Å². The highest BCUT2D eigenvalue weighted by Crippen LogP contribution is 2.26. The van der Waals surface area contributed by atoms with E-state index < -0.39 is 0 Å². The van der Waals surface area contributed by atoms with Crippen LogP contribution in [-0.4, -0.2) is 37.7 Å². The third-order valence-corrected chi connectivity index (χ3v) is 5.86. The quantitative estimate of drug-likeness (QED) is 0.364. The second-order valence-corrected chi connectivity index (χ2v) is 7.86. The number of benzene rings is 2. The molecule has 2 aromatic carbocycles. The van der Waals surface area contributed by atoms with E-state index in [1.807, 2.05) is 30.5 Å². The molecule has 0 aliphatic carbocycles. The van der Waals surface area contributed by atoms with Crippen molar-refractivity contribution in [1.29, 1.82) is 0 Å². The third-order valence-electron chi connectivity index (χ3n) is 4.11. The number of hydrogen-bond donors (Lipinski definition) is 1. The zero-order chi connectivity index (χ0) is 20.2. The molecule has 0 radical (unpaired) electrons. The minimum absolute atomic E-state index is 0.121. The smallest absolute Gasteiger partial charge is 0.234 e. The highest BCUT2D eigenvalue weighted by atomic mass is 32.2. The van der Waals surface area contributed by atoms with Gasteiger partial charge in [0.25, 0.3) is 0 Å². The van der Waals surface area contributed by atoms with Crippen LogP contribution in [0.3, 0.4) is 0 Å². The topological polar surface area (TPSA) is 72.7 Å². The summed E-state index contributed by atoms with van der Waals surface area (Å²) >= 11 is 2.96. The molecule has 0 unspecified atom stereocenters. The van der Waals surface area contributed by atoms with E-state index in [9.17, 15) is 9.18 Å². The summed E-state index contributed by atoms with van der Waals surface area (Å²) in [5.41, 5.74) is 2.05. The maximum atomic E-state index is 13.2. The first kappa shape index (κ1) is 19.4. The van der Waals surface area contributed by atoms with Crippen LogP contribution in [-0.2, 0) is 4.79 Å². The number of carbonyl (C=O) groups is 1. The van der Waals surface area contributed by atoms with Gasteiger partial charge in [0, 0.05) is 10.6 Å². The van der Waals surface area contributed by atoms with Crippen molar-refractivity contribution < 1.29 is 9.18 Å². The van der Waals surface area contributed by atoms with E-state index in [4.69, 9.17) is 0 Å². The highest BCUT2D eigenvalue weighted by molar-refractivity contribution is 8.00. The van der Waals surface area contributed by atoms with Crippen molar-refractivity contribution >= 4 is 46.2 Å². The van der Waals surface area contributed by atoms with E-state index >= 15 is 0 Å². The van der Waals surface area contributed by atoms with Crippen LogP contribution in [0.25, 0.3) is 16.7 Å². The number of fused-ring (bicyclic) bond motifs is 1. The Kier molecular flexibility index (Phi) is 5.77. The summed E-state index contributed by atoms with van der Waals surface area (Å²) in [5.74, 6) is -0.229. The molecule has 6 nitrogen and oxygen atoms in total. The molecule has 0 aliphatic rings. The number of rotatable bonds is 6. The molecular formula is C20H16FN5OS2. The number of anilines is 1. The van der Waals surface area contributed by atoms with Gasteiger partial charge in [-0.15, -0.1) is 11.8 Å². The number of hydrogen-bond acceptors (Lipinski definition) is 6. The molecule has 9 heteroatoms. The Balaban J connectivity index is 1.48. The van der Waals surface area contributed by atoms with Crippen LogP contribution < -0.4 is 5.32 Å². The molecule has 0 saturated heterocycles. The summed E-state index contributed by atoms with van der Waals surface area (Å²) in [5, 5.41) is 8.62. The van der Waals surface area contributed by atoms with Crippen molar-refractivity contribution in [3.8, 4) is 5.69 Å². The average molecular weight is 426 g/mol. The Morgan fingerprint density at radius 1 is 1.10 bits per heavy atom. The second-order valence-electron chi connectivity index (χ2n) is 6.01. The van der Waals surface area contributed by atoms with Crippen LogP contribution in [0.15, 0.2) is 71.0 Å². The van der Waals surface area contributed by atoms with Crippen molar-refractivity contribution in [2.45, 2.75) is 9.92 Å². The predicted molar refractivity (Wildman–Crippen MR) is 114 cm³/mol. The first-order chi connectivity index (χ1) is 14.1. The molecule has 0 aliphatic heterocycles. The lowest BCUT2D eigenvalue weighted by Gasteiger charge is -2.06. The summed E-state index contributed by atoms with van der Waals surface area (Å²) in [4.78, 5) is 22.0. The van der Waals surface area contributed by atoms with Crippen molar-refractivity contribution in [2.75, 3.05) is 17.3 Å². The fourth-order valence-electron chi connectivity index (χ4n) is 2.71. The minimum atomic E-state index is -0.315. The maximum absolute atomic E-state index is 13.2. The largest absolute Gasteiger partial charge is 0.325 e. The van der Waals surface area contributed by atoms with Crippen LogP contribution >= 0.6 is 23.5 Å². The fraction of sp³-hybridized carbons (Fsp3) is 0.100. The van der Waals surface area contributed by atoms with Gasteiger partial charge in [0.15, 0.2) is 5.65 Å². The number of amides is 1. The Morgan fingerprint density at radius 3 is 2.59 bits per heavy atom. The van der Waals surface area contributed by atoms with E-state index in [1.165, 1.54) is 30.2 Å². The molecule has 1 N–H and O–H groups in total. The Morgan fingerprint density at radius 2 is 1.86 bits per heavy atom. The van der Waals surface area contributed by atoms with Gasteiger partial charge in [-0.05, 0) is 54.8 Å². The number of nitrogens with zero attached hydrogens (tertiary/aromatic N) is 4. The van der Waals surface area contributed by atoms with E-state index in [0.717, 1.165) is 16.0 Å². The van der Waals surface area contributed by atoms with Gasteiger partial charge in [0.2, 0.25) is 5.91 Å². The average Bonchev–Trinajstić information content (AvgIpc) is 3.18. The van der Waals surface area contributed by atoms with Crippen molar-refractivity contribution in [2.24, 2.45) is 0 Å². The van der Waals surface area contributed by atoms with Gasteiger partial charge in [-0.3, -0.25) is 4.79 Å². The van der Waals surface area contributed by atoms with Crippen LogP contribution in [0.1, 0.15) is 0 Å². The summed E-state index contributed by atoms with van der Waals surface area (Å²) in [7, 11) is 0. The van der Waals surface area contributed by atoms with E-state index in [1.54, 1.807) is 34.8 Å². The number of nitrogens with one attached hydrogen (secondary N) is 1. The van der Waals surface area contributed by atoms with Gasteiger partial charge < -0.3 is 5.32 Å². The lowest BCUT2D eigenvalue weighted by Crippen LogP contribution is -2.14. The molecule has 2 heterocycles. The summed E-state index contributed by atoms with van der Waals surface area (Å²) in [6.07, 6.45) is 5.09. The van der Waals surface area contributed by atoms with Gasteiger partial charge in [0.1, 0.15) is 17.2 Å². The SMILES string of the molecule is CSc1ccc(NC(=O)CSc2ncnc3c2cnn3-c2ccc(F)cc2)cc1. The zero-order valence-electron chi connectivity index (χ0n) is 15.4. The minimum Gasteiger partial charge on any atom is -0.325 e. The zero-order valence-corrected chi connectivity index (χ0v) is 17.0. The van der Waals surface area contributed by atoms with Crippen molar-refractivity contribution in [3.63, 3.8) is 0 Å². The number of aromatic nitrogens is 4. The number of carbonyl (C=O) groups excluding carboxylic acids is 1.